The van der Waals surface area contributed by atoms with Gasteiger partial charge in [-0.1, -0.05) is 0 Å². The fourth-order valence-corrected chi connectivity index (χ4v) is 5.50. The Bertz CT molecular complexity index is 973. The van der Waals surface area contributed by atoms with Crippen molar-refractivity contribution >= 4 is 39.2 Å². The molecule has 0 spiro atoms. The Morgan fingerprint density at radius 1 is 1.39 bits per heavy atom. The summed E-state index contributed by atoms with van der Waals surface area (Å²) in [6.07, 6.45) is 5.65. The highest BCUT2D eigenvalue weighted by Crippen LogP contribution is 2.33. The van der Waals surface area contributed by atoms with Gasteiger partial charge in [0.25, 0.3) is 5.91 Å². The van der Waals surface area contributed by atoms with Gasteiger partial charge in [-0.05, 0) is 52.0 Å². The van der Waals surface area contributed by atoms with Gasteiger partial charge in [0.05, 0.1) is 15.9 Å². The van der Waals surface area contributed by atoms with Gasteiger partial charge in [0.2, 0.25) is 5.91 Å². The van der Waals surface area contributed by atoms with Crippen LogP contribution in [0, 0.1) is 6.92 Å². The smallest absolute Gasteiger partial charge is 0.261 e. The van der Waals surface area contributed by atoms with Crippen LogP contribution in [0.3, 0.4) is 0 Å². The molecule has 31 heavy (non-hydrogen) atoms. The highest BCUT2D eigenvalue weighted by Gasteiger charge is 2.30. The van der Waals surface area contributed by atoms with Crippen LogP contribution < -0.4 is 10.6 Å². The van der Waals surface area contributed by atoms with Crippen LogP contribution in [0.2, 0.25) is 0 Å². The Balaban J connectivity index is 1.42. The number of nitrogens with one attached hydrogen (secondary N) is 2. The number of hydrogen-bond acceptors (Lipinski definition) is 7. The van der Waals surface area contributed by atoms with Crippen LogP contribution in [-0.4, -0.2) is 64.6 Å². The molecule has 2 aliphatic rings. The van der Waals surface area contributed by atoms with Crippen LogP contribution in [0.15, 0.2) is 6.33 Å². The highest BCUT2D eigenvalue weighted by atomic mass is 32.1. The third kappa shape index (κ3) is 4.98. The van der Waals surface area contributed by atoms with Gasteiger partial charge in [0.1, 0.15) is 17.0 Å². The van der Waals surface area contributed by atoms with Gasteiger partial charge in [-0.3, -0.25) is 9.59 Å². The fourth-order valence-electron chi connectivity index (χ4n) is 4.45. The number of nitrogens with zero attached hydrogens (tertiary/aromatic N) is 3. The van der Waals surface area contributed by atoms with Gasteiger partial charge >= 0.3 is 0 Å². The van der Waals surface area contributed by atoms with E-state index in [0.29, 0.717) is 24.4 Å². The van der Waals surface area contributed by atoms with E-state index in [-0.39, 0.29) is 23.5 Å². The molecule has 9 heteroatoms. The zero-order chi connectivity index (χ0) is 22.0. The summed E-state index contributed by atoms with van der Waals surface area (Å²) in [5.41, 5.74) is 0.690. The summed E-state index contributed by atoms with van der Waals surface area (Å²) < 4.78 is 5.76. The Morgan fingerprint density at radius 2 is 2.23 bits per heavy atom. The SMILES string of the molecule is Cc1c(C(=O)NC2CCOC(C)(C)C2)sc2ncnc(NCCCN3CCCC3=O)c12. The first-order chi connectivity index (χ1) is 14.8. The molecular formula is C22H31N5O3S. The molecule has 0 bridgehead atoms. The van der Waals surface area contributed by atoms with Gasteiger partial charge in [-0.15, -0.1) is 11.3 Å². The van der Waals surface area contributed by atoms with E-state index in [0.717, 1.165) is 60.4 Å². The Hall–Kier alpha value is -2.26. The van der Waals surface area contributed by atoms with E-state index in [1.807, 2.05) is 11.8 Å². The molecule has 0 aromatic carbocycles. The monoisotopic (exact) mass is 445 g/mol. The summed E-state index contributed by atoms with van der Waals surface area (Å²) in [5.74, 6) is 0.945. The number of hydrogen-bond donors (Lipinski definition) is 2. The first-order valence-corrected chi connectivity index (χ1v) is 11.9. The summed E-state index contributed by atoms with van der Waals surface area (Å²) in [6.45, 7) is 9.07. The summed E-state index contributed by atoms with van der Waals surface area (Å²) in [4.78, 5) is 37.0. The van der Waals surface area contributed by atoms with Crippen molar-refractivity contribution in [1.82, 2.24) is 20.2 Å². The summed E-state index contributed by atoms with van der Waals surface area (Å²) in [5, 5.41) is 7.47. The molecule has 2 aliphatic heterocycles. The quantitative estimate of drug-likeness (QED) is 0.636. The molecule has 4 heterocycles. The van der Waals surface area contributed by atoms with E-state index in [1.54, 1.807) is 0 Å². The lowest BCUT2D eigenvalue weighted by Gasteiger charge is -2.35. The number of anilines is 1. The number of amides is 2. The summed E-state index contributed by atoms with van der Waals surface area (Å²) in [6, 6.07) is 0.109. The third-order valence-electron chi connectivity index (χ3n) is 6.03. The van der Waals surface area contributed by atoms with E-state index in [4.69, 9.17) is 4.74 Å². The molecule has 2 fully saturated rings. The highest BCUT2D eigenvalue weighted by molar-refractivity contribution is 7.20. The lowest BCUT2D eigenvalue weighted by Crippen LogP contribution is -2.45. The number of carbonyl (C=O) groups is 2. The van der Waals surface area contributed by atoms with Crippen LogP contribution in [0.4, 0.5) is 5.82 Å². The minimum Gasteiger partial charge on any atom is -0.375 e. The molecule has 0 radical (unpaired) electrons. The number of aromatic nitrogens is 2. The number of rotatable bonds is 7. The molecule has 2 aromatic rings. The second-order valence-electron chi connectivity index (χ2n) is 8.99. The van der Waals surface area contributed by atoms with Crippen LogP contribution in [-0.2, 0) is 9.53 Å². The maximum Gasteiger partial charge on any atom is 0.261 e. The molecule has 2 N–H and O–H groups in total. The molecule has 4 rings (SSSR count). The predicted octanol–water partition coefficient (Wildman–Crippen LogP) is 3.11. The number of carbonyl (C=O) groups excluding carboxylic acids is 2. The Kier molecular flexibility index (Phi) is 6.43. The average Bonchev–Trinajstić information content (AvgIpc) is 3.28. The fraction of sp³-hybridized carbons (Fsp3) is 0.636. The second kappa shape index (κ2) is 9.08. The van der Waals surface area contributed by atoms with Crippen molar-refractivity contribution in [1.29, 1.82) is 0 Å². The second-order valence-corrected chi connectivity index (χ2v) is 9.99. The summed E-state index contributed by atoms with van der Waals surface area (Å²) in [7, 11) is 0. The topological polar surface area (TPSA) is 96.4 Å². The standard InChI is InChI=1S/C22H31N5O3S/c1-14-17-19(23-8-5-10-27-9-4-6-16(27)28)24-13-25-21(17)31-18(14)20(29)26-15-7-11-30-22(2,3)12-15/h13,15H,4-12H2,1-3H3,(H,26,29)(H,23,24,25). The van der Waals surface area contributed by atoms with Gasteiger partial charge in [-0.2, -0.15) is 0 Å². The number of fused-ring (bicyclic) bond motifs is 1. The maximum absolute atomic E-state index is 13.0. The molecule has 0 saturated carbocycles. The molecular weight excluding hydrogens is 414 g/mol. The maximum atomic E-state index is 13.0. The van der Waals surface area contributed by atoms with Crippen LogP contribution in [0.25, 0.3) is 10.2 Å². The van der Waals surface area contributed by atoms with E-state index >= 15 is 0 Å². The van der Waals surface area contributed by atoms with Gasteiger partial charge in [0, 0.05) is 38.7 Å². The molecule has 2 saturated heterocycles. The van der Waals surface area contributed by atoms with Gasteiger partial charge in [0.15, 0.2) is 0 Å². The Morgan fingerprint density at radius 3 is 2.97 bits per heavy atom. The largest absolute Gasteiger partial charge is 0.375 e. The summed E-state index contributed by atoms with van der Waals surface area (Å²) >= 11 is 1.41. The van der Waals surface area contributed by atoms with Crippen molar-refractivity contribution in [2.45, 2.75) is 64.5 Å². The van der Waals surface area contributed by atoms with Crippen molar-refractivity contribution < 1.29 is 14.3 Å². The van der Waals surface area contributed by atoms with Crippen LogP contribution in [0.1, 0.15) is 61.2 Å². The van der Waals surface area contributed by atoms with Gasteiger partial charge in [-0.25, -0.2) is 9.97 Å². The van der Waals surface area contributed by atoms with Gasteiger partial charge < -0.3 is 20.3 Å². The minimum atomic E-state index is -0.215. The number of ether oxygens (including phenoxy) is 1. The molecule has 0 aliphatic carbocycles. The van der Waals surface area contributed by atoms with Crippen molar-refractivity contribution in [2.75, 3.05) is 31.6 Å². The first-order valence-electron chi connectivity index (χ1n) is 11.0. The number of likely N-dealkylation sites (tertiary alicyclic amines) is 1. The van der Waals surface area contributed by atoms with E-state index in [1.165, 1.54) is 17.7 Å². The van der Waals surface area contributed by atoms with Crippen molar-refractivity contribution in [3.8, 4) is 0 Å². The Labute approximate surface area is 186 Å². The lowest BCUT2D eigenvalue weighted by atomic mass is 9.94. The number of thiophene rings is 1. The van der Waals surface area contributed by atoms with Crippen molar-refractivity contribution in [3.05, 3.63) is 16.8 Å². The normalized spacial score (nSPS) is 20.9. The van der Waals surface area contributed by atoms with Crippen molar-refractivity contribution in [3.63, 3.8) is 0 Å². The van der Waals surface area contributed by atoms with Crippen molar-refractivity contribution in [2.24, 2.45) is 0 Å². The zero-order valence-electron chi connectivity index (χ0n) is 18.5. The number of aryl methyl sites for hydroxylation is 1. The average molecular weight is 446 g/mol. The third-order valence-corrected chi connectivity index (χ3v) is 7.23. The first kappa shape index (κ1) is 22.0. The molecule has 8 nitrogen and oxygen atoms in total. The van der Waals surface area contributed by atoms with E-state index in [2.05, 4.69) is 34.4 Å². The predicted molar refractivity (Wildman–Crippen MR) is 122 cm³/mol. The molecule has 1 atom stereocenters. The van der Waals surface area contributed by atoms with E-state index in [9.17, 15) is 9.59 Å². The molecule has 168 valence electrons. The molecule has 1 unspecified atom stereocenters. The molecule has 2 aromatic heterocycles. The minimum absolute atomic E-state index is 0.0540. The molecule has 2 amide bonds. The lowest BCUT2D eigenvalue weighted by molar-refractivity contribution is -0.127. The van der Waals surface area contributed by atoms with Crippen LogP contribution in [0.5, 0.6) is 0 Å². The van der Waals surface area contributed by atoms with E-state index < -0.39 is 0 Å². The zero-order valence-corrected chi connectivity index (χ0v) is 19.3. The van der Waals surface area contributed by atoms with Crippen LogP contribution >= 0.6 is 11.3 Å².